The first-order valence-electron chi connectivity index (χ1n) is 12.4. The van der Waals surface area contributed by atoms with Crippen molar-refractivity contribution in [2.45, 2.75) is 51.1 Å². The van der Waals surface area contributed by atoms with E-state index in [1.54, 1.807) is 0 Å². The van der Waals surface area contributed by atoms with Crippen molar-refractivity contribution in [1.82, 2.24) is 4.90 Å². The number of rotatable bonds is 8. The summed E-state index contributed by atoms with van der Waals surface area (Å²) >= 11 is 6.69. The van der Waals surface area contributed by atoms with Crippen LogP contribution in [0.2, 0.25) is 5.02 Å². The van der Waals surface area contributed by atoms with Crippen molar-refractivity contribution in [1.29, 1.82) is 0 Å². The Labute approximate surface area is 241 Å². The fraction of sp³-hybridized carbons (Fsp3) is 0.370. The number of carbonyl (C=O) groups excluding carboxylic acids is 1. The molecule has 232 valence electrons. The van der Waals surface area contributed by atoms with Gasteiger partial charge in [-0.25, -0.2) is 9.59 Å². The van der Waals surface area contributed by atoms with Crippen LogP contribution in [0, 0.1) is 0 Å². The third kappa shape index (κ3) is 10.7. The standard InChI is InChI=1S/C23H28ClN3O.2C2HF3O2/c1-2-27(23(28)21(26)13-7-8-14-25)15-20-16-9-3-5-11-18(16)22(24)19-12-6-4-10-17(19)20;2*3-2(4,5)1(6)7/h3-6,9-12,21H,2,7-8,13-15,25-26H2,1H3;2*(H,6,7)/t21-;;/m0../s1. The van der Waals surface area contributed by atoms with Crippen LogP contribution in [0.3, 0.4) is 0 Å². The van der Waals surface area contributed by atoms with Crippen LogP contribution in [0.5, 0.6) is 0 Å². The lowest BCUT2D eigenvalue weighted by Crippen LogP contribution is -2.43. The molecule has 0 aliphatic heterocycles. The number of fused-ring (bicyclic) bond motifs is 2. The quantitative estimate of drug-likeness (QED) is 0.142. The van der Waals surface area contributed by atoms with Gasteiger partial charge in [-0.15, -0.1) is 0 Å². The van der Waals surface area contributed by atoms with Gasteiger partial charge in [0.15, 0.2) is 0 Å². The second-order valence-corrected chi connectivity index (χ2v) is 9.11. The first-order chi connectivity index (χ1) is 19.5. The predicted molar refractivity (Wildman–Crippen MR) is 146 cm³/mol. The maximum Gasteiger partial charge on any atom is 0.490 e. The second-order valence-electron chi connectivity index (χ2n) is 8.73. The number of amides is 1. The lowest BCUT2D eigenvalue weighted by molar-refractivity contribution is -0.193. The van der Waals surface area contributed by atoms with Gasteiger partial charge < -0.3 is 26.6 Å². The lowest BCUT2D eigenvalue weighted by Gasteiger charge is -2.26. The number of carbonyl (C=O) groups is 3. The summed E-state index contributed by atoms with van der Waals surface area (Å²) in [6.45, 7) is 3.73. The average molecular weight is 626 g/mol. The Morgan fingerprint density at radius 3 is 1.55 bits per heavy atom. The summed E-state index contributed by atoms with van der Waals surface area (Å²) in [6, 6.07) is 15.7. The maximum atomic E-state index is 13.0. The SMILES string of the molecule is CCN(Cc1c2ccccc2c(Cl)c2ccccc12)C(=O)[C@@H](N)CCCCN.O=C(O)C(F)(F)F.O=C(O)C(F)(F)F. The number of alkyl halides is 6. The Morgan fingerprint density at radius 2 is 1.21 bits per heavy atom. The van der Waals surface area contributed by atoms with E-state index in [4.69, 9.17) is 42.9 Å². The van der Waals surface area contributed by atoms with Crippen LogP contribution < -0.4 is 11.5 Å². The largest absolute Gasteiger partial charge is 0.490 e. The molecule has 8 nitrogen and oxygen atoms in total. The molecular weight excluding hydrogens is 596 g/mol. The van der Waals surface area contributed by atoms with Gasteiger partial charge >= 0.3 is 24.3 Å². The molecule has 0 heterocycles. The topological polar surface area (TPSA) is 147 Å². The van der Waals surface area contributed by atoms with Gasteiger partial charge in [0.25, 0.3) is 0 Å². The minimum absolute atomic E-state index is 0.0115. The van der Waals surface area contributed by atoms with E-state index in [9.17, 15) is 31.1 Å². The molecule has 0 radical (unpaired) electrons. The van der Waals surface area contributed by atoms with Gasteiger partial charge in [-0.2, -0.15) is 26.3 Å². The highest BCUT2D eigenvalue weighted by molar-refractivity contribution is 6.41. The number of benzene rings is 3. The Balaban J connectivity index is 0.000000522. The Morgan fingerprint density at radius 1 is 0.833 bits per heavy atom. The van der Waals surface area contributed by atoms with E-state index in [0.29, 0.717) is 26.1 Å². The fourth-order valence-electron chi connectivity index (χ4n) is 3.74. The number of likely N-dealkylation sites (N-methyl/N-ethyl adjacent to an activating group) is 1. The molecule has 0 saturated carbocycles. The van der Waals surface area contributed by atoms with E-state index in [-0.39, 0.29) is 5.91 Å². The number of nitrogens with two attached hydrogens (primary N) is 2. The van der Waals surface area contributed by atoms with E-state index >= 15 is 0 Å². The zero-order chi connectivity index (χ0) is 32.3. The number of aliphatic carboxylic acids is 2. The third-order valence-corrected chi connectivity index (χ3v) is 6.20. The molecule has 0 fully saturated rings. The molecule has 0 spiro atoms. The first-order valence-corrected chi connectivity index (χ1v) is 12.8. The minimum atomic E-state index is -5.08. The van der Waals surface area contributed by atoms with Crippen molar-refractivity contribution in [3.05, 3.63) is 59.1 Å². The van der Waals surface area contributed by atoms with Crippen molar-refractivity contribution >= 4 is 51.0 Å². The van der Waals surface area contributed by atoms with E-state index in [1.165, 1.54) is 0 Å². The van der Waals surface area contributed by atoms with Crippen LogP contribution in [-0.4, -0.2) is 64.4 Å². The Hall–Kier alpha value is -3.62. The minimum Gasteiger partial charge on any atom is -0.475 e. The van der Waals surface area contributed by atoms with Crippen LogP contribution in [0.4, 0.5) is 26.3 Å². The fourth-order valence-corrected chi connectivity index (χ4v) is 4.07. The van der Waals surface area contributed by atoms with Crippen LogP contribution in [0.25, 0.3) is 21.5 Å². The molecule has 15 heteroatoms. The summed E-state index contributed by atoms with van der Waals surface area (Å²) in [5.74, 6) is -5.53. The number of carboxylic acid groups (broad SMARTS) is 2. The van der Waals surface area contributed by atoms with Gasteiger partial charge in [-0.05, 0) is 42.6 Å². The molecule has 0 saturated heterocycles. The highest BCUT2D eigenvalue weighted by atomic mass is 35.5. The van der Waals surface area contributed by atoms with Crippen molar-refractivity contribution in [3.8, 4) is 0 Å². The summed E-state index contributed by atoms with van der Waals surface area (Å²) in [5, 5.41) is 19.2. The van der Waals surface area contributed by atoms with Gasteiger partial charge in [0, 0.05) is 23.9 Å². The lowest BCUT2D eigenvalue weighted by atomic mass is 9.96. The number of hydrogen-bond acceptors (Lipinski definition) is 5. The highest BCUT2D eigenvalue weighted by Crippen LogP contribution is 2.36. The molecule has 1 amide bonds. The van der Waals surface area contributed by atoms with E-state index in [0.717, 1.165) is 45.0 Å². The van der Waals surface area contributed by atoms with E-state index < -0.39 is 30.3 Å². The normalized spacial score (nSPS) is 12.0. The zero-order valence-electron chi connectivity index (χ0n) is 22.3. The van der Waals surface area contributed by atoms with Gasteiger partial charge in [-0.3, -0.25) is 4.79 Å². The molecule has 0 bridgehead atoms. The molecule has 3 aromatic rings. The van der Waals surface area contributed by atoms with Gasteiger partial charge in [0.05, 0.1) is 11.1 Å². The van der Waals surface area contributed by atoms with Crippen molar-refractivity contribution in [2.75, 3.05) is 13.1 Å². The third-order valence-electron chi connectivity index (χ3n) is 5.79. The number of hydrogen-bond donors (Lipinski definition) is 4. The monoisotopic (exact) mass is 625 g/mol. The first kappa shape index (κ1) is 36.4. The molecule has 42 heavy (non-hydrogen) atoms. The Kier molecular flexibility index (Phi) is 14.0. The molecule has 6 N–H and O–H groups in total. The predicted octanol–water partition coefficient (Wildman–Crippen LogP) is 5.72. The highest BCUT2D eigenvalue weighted by Gasteiger charge is 2.38. The molecule has 0 aliphatic carbocycles. The summed E-state index contributed by atoms with van der Waals surface area (Å²) in [4.78, 5) is 32.6. The molecule has 3 aromatic carbocycles. The molecule has 0 aromatic heterocycles. The molecule has 0 unspecified atom stereocenters. The number of nitrogens with zero attached hydrogens (tertiary/aromatic N) is 1. The van der Waals surface area contributed by atoms with Crippen LogP contribution >= 0.6 is 11.6 Å². The molecule has 0 aliphatic rings. The molecule has 3 rings (SSSR count). The van der Waals surface area contributed by atoms with Gasteiger partial charge in [0.2, 0.25) is 5.91 Å². The van der Waals surface area contributed by atoms with Crippen molar-refractivity contribution < 1.29 is 50.9 Å². The van der Waals surface area contributed by atoms with Gasteiger partial charge in [0.1, 0.15) is 0 Å². The summed E-state index contributed by atoms with van der Waals surface area (Å²) < 4.78 is 63.5. The molecule has 1 atom stereocenters. The van der Waals surface area contributed by atoms with Crippen LogP contribution in [-0.2, 0) is 20.9 Å². The smallest absolute Gasteiger partial charge is 0.475 e. The van der Waals surface area contributed by atoms with E-state index in [1.807, 2.05) is 48.2 Å². The van der Waals surface area contributed by atoms with Crippen molar-refractivity contribution in [2.24, 2.45) is 11.5 Å². The average Bonchev–Trinajstić information content (AvgIpc) is 2.92. The number of unbranched alkanes of at least 4 members (excludes halogenated alkanes) is 1. The number of halogens is 7. The number of carboxylic acids is 2. The van der Waals surface area contributed by atoms with Gasteiger partial charge in [-0.1, -0.05) is 66.6 Å². The Bertz CT molecular complexity index is 1290. The van der Waals surface area contributed by atoms with Crippen molar-refractivity contribution in [3.63, 3.8) is 0 Å². The summed E-state index contributed by atoms with van der Waals surface area (Å²) in [7, 11) is 0. The second kappa shape index (κ2) is 16.1. The zero-order valence-corrected chi connectivity index (χ0v) is 23.1. The summed E-state index contributed by atoms with van der Waals surface area (Å²) in [6.07, 6.45) is -7.75. The van der Waals surface area contributed by atoms with Crippen LogP contribution in [0.15, 0.2) is 48.5 Å². The molecular formula is C27H30ClF6N3O5. The van der Waals surface area contributed by atoms with E-state index in [2.05, 4.69) is 12.1 Å². The maximum absolute atomic E-state index is 13.0. The summed E-state index contributed by atoms with van der Waals surface area (Å²) in [5.41, 5.74) is 12.8. The van der Waals surface area contributed by atoms with Crippen LogP contribution in [0.1, 0.15) is 31.7 Å².